The number of hydrogen-bond donors (Lipinski definition) is 2. The summed E-state index contributed by atoms with van der Waals surface area (Å²) in [6.07, 6.45) is 4.56. The van der Waals surface area contributed by atoms with E-state index in [9.17, 15) is 9.90 Å². The lowest BCUT2D eigenvalue weighted by atomic mass is 10.0. The second-order valence-corrected chi connectivity index (χ2v) is 7.94. The summed E-state index contributed by atoms with van der Waals surface area (Å²) in [5, 5.41) is 12.7. The van der Waals surface area contributed by atoms with E-state index < -0.39 is 0 Å². The highest BCUT2D eigenvalue weighted by Crippen LogP contribution is 2.15. The fourth-order valence-corrected chi connectivity index (χ4v) is 3.46. The third-order valence-electron chi connectivity index (χ3n) is 5.02. The summed E-state index contributed by atoms with van der Waals surface area (Å²) in [6.45, 7) is 0.792. The van der Waals surface area contributed by atoms with Gasteiger partial charge in [-0.15, -0.1) is 0 Å². The molecule has 4 heteroatoms. The van der Waals surface area contributed by atoms with E-state index in [0.29, 0.717) is 12.0 Å². The van der Waals surface area contributed by atoms with Gasteiger partial charge in [0.2, 0.25) is 0 Å². The van der Waals surface area contributed by atoms with Crippen LogP contribution in [-0.4, -0.2) is 42.7 Å². The lowest BCUT2D eigenvalue weighted by Gasteiger charge is -2.17. The quantitative estimate of drug-likeness (QED) is 0.515. The monoisotopic (exact) mass is 414 g/mol. The molecule has 0 aromatic heterocycles. The zero-order valence-corrected chi connectivity index (χ0v) is 18.2. The first-order chi connectivity index (χ1) is 15.0. The molecule has 1 atom stereocenters. The topological polar surface area (TPSA) is 52.6 Å². The highest BCUT2D eigenvalue weighted by atomic mass is 16.3. The summed E-state index contributed by atoms with van der Waals surface area (Å²) in [7, 11) is 4.11. The van der Waals surface area contributed by atoms with E-state index in [2.05, 4.69) is 48.6 Å². The van der Waals surface area contributed by atoms with Crippen molar-refractivity contribution in [2.45, 2.75) is 19.0 Å². The van der Waals surface area contributed by atoms with E-state index >= 15 is 0 Å². The highest BCUT2D eigenvalue weighted by Gasteiger charge is 2.15. The van der Waals surface area contributed by atoms with Crippen molar-refractivity contribution >= 4 is 18.1 Å². The van der Waals surface area contributed by atoms with Crippen LogP contribution in [0.1, 0.15) is 32.6 Å². The predicted molar refractivity (Wildman–Crippen MR) is 128 cm³/mol. The molecule has 0 saturated carbocycles. The molecule has 0 bridgehead atoms. The Morgan fingerprint density at radius 2 is 1.58 bits per heavy atom. The van der Waals surface area contributed by atoms with Crippen molar-refractivity contribution in [2.75, 3.05) is 20.7 Å². The maximum absolute atomic E-state index is 12.9. The lowest BCUT2D eigenvalue weighted by molar-refractivity contribution is 0.0916. The first-order valence-corrected chi connectivity index (χ1v) is 10.5. The molecule has 3 rings (SSSR count). The van der Waals surface area contributed by atoms with Crippen molar-refractivity contribution in [3.8, 4) is 0 Å². The smallest absolute Gasteiger partial charge is 0.252 e. The van der Waals surface area contributed by atoms with Gasteiger partial charge in [-0.3, -0.25) is 4.79 Å². The zero-order valence-electron chi connectivity index (χ0n) is 18.2. The first kappa shape index (κ1) is 22.5. The van der Waals surface area contributed by atoms with Gasteiger partial charge in [-0.1, -0.05) is 84.9 Å². The van der Waals surface area contributed by atoms with E-state index in [1.54, 1.807) is 0 Å². The molecule has 4 nitrogen and oxygen atoms in total. The number of aliphatic hydroxyl groups is 1. The van der Waals surface area contributed by atoms with E-state index in [1.807, 2.05) is 66.7 Å². The minimum absolute atomic E-state index is 0.113. The second kappa shape index (κ2) is 11.3. The Balaban J connectivity index is 1.70. The molecular formula is C27H30N2O2. The predicted octanol–water partition coefficient (Wildman–Crippen LogP) is 4.25. The molecule has 0 aliphatic rings. The van der Waals surface area contributed by atoms with Crippen LogP contribution in [-0.2, 0) is 13.0 Å². The second-order valence-electron chi connectivity index (χ2n) is 7.94. The third kappa shape index (κ3) is 6.92. The van der Waals surface area contributed by atoms with Crippen LogP contribution >= 0.6 is 0 Å². The molecule has 0 unspecified atom stereocenters. The van der Waals surface area contributed by atoms with Gasteiger partial charge in [-0.25, -0.2) is 0 Å². The summed E-state index contributed by atoms with van der Waals surface area (Å²) >= 11 is 0. The Morgan fingerprint density at radius 1 is 0.903 bits per heavy atom. The van der Waals surface area contributed by atoms with Gasteiger partial charge < -0.3 is 15.3 Å². The van der Waals surface area contributed by atoms with Crippen LogP contribution in [0.2, 0.25) is 0 Å². The van der Waals surface area contributed by atoms with Crippen LogP contribution in [0, 0.1) is 0 Å². The van der Waals surface area contributed by atoms with E-state index in [1.165, 1.54) is 5.56 Å². The molecule has 3 aromatic rings. The Hall–Kier alpha value is -3.21. The average Bonchev–Trinajstić information content (AvgIpc) is 2.78. The zero-order chi connectivity index (χ0) is 22.1. The first-order valence-electron chi connectivity index (χ1n) is 10.5. The molecule has 0 radical (unpaired) electrons. The summed E-state index contributed by atoms with van der Waals surface area (Å²) in [4.78, 5) is 15.1. The Kier molecular flexibility index (Phi) is 8.16. The van der Waals surface area contributed by atoms with Crippen molar-refractivity contribution in [1.29, 1.82) is 0 Å². The third-order valence-corrected chi connectivity index (χ3v) is 5.02. The Labute approximate surface area is 184 Å². The van der Waals surface area contributed by atoms with Crippen LogP contribution < -0.4 is 5.32 Å². The van der Waals surface area contributed by atoms with Gasteiger partial charge in [-0.2, -0.15) is 0 Å². The molecule has 0 saturated heterocycles. The molecule has 3 aromatic carbocycles. The van der Waals surface area contributed by atoms with Gasteiger partial charge in [0.15, 0.2) is 0 Å². The number of aliphatic hydroxyl groups excluding tert-OH is 1. The number of nitrogens with one attached hydrogen (secondary N) is 1. The number of carbonyl (C=O) groups excluding carboxylic acids is 1. The Bertz CT molecular complexity index is 995. The van der Waals surface area contributed by atoms with Crippen LogP contribution in [0.3, 0.4) is 0 Å². The van der Waals surface area contributed by atoms with Gasteiger partial charge in [-0.05, 0) is 48.8 Å². The average molecular weight is 415 g/mol. The number of nitrogens with zero attached hydrogens (tertiary/aromatic N) is 1. The van der Waals surface area contributed by atoms with Gasteiger partial charge in [0, 0.05) is 12.1 Å². The van der Waals surface area contributed by atoms with Crippen LogP contribution in [0.5, 0.6) is 0 Å². The number of rotatable bonds is 9. The van der Waals surface area contributed by atoms with Crippen molar-refractivity contribution in [3.63, 3.8) is 0 Å². The molecule has 0 aliphatic carbocycles. The normalized spacial score (nSPS) is 12.3. The van der Waals surface area contributed by atoms with Gasteiger partial charge in [0.1, 0.15) is 0 Å². The fourth-order valence-electron chi connectivity index (χ4n) is 3.46. The van der Waals surface area contributed by atoms with Crippen molar-refractivity contribution in [1.82, 2.24) is 10.2 Å². The molecule has 31 heavy (non-hydrogen) atoms. The van der Waals surface area contributed by atoms with Gasteiger partial charge in [0.25, 0.3) is 5.91 Å². The molecule has 0 spiro atoms. The summed E-state index contributed by atoms with van der Waals surface area (Å²) < 4.78 is 0. The molecule has 2 N–H and O–H groups in total. The molecule has 160 valence electrons. The van der Waals surface area contributed by atoms with Gasteiger partial charge >= 0.3 is 0 Å². The van der Waals surface area contributed by atoms with E-state index in [-0.39, 0.29) is 18.6 Å². The molecule has 0 fully saturated rings. The maximum Gasteiger partial charge on any atom is 0.252 e. The molecule has 0 heterocycles. The summed E-state index contributed by atoms with van der Waals surface area (Å²) in [5.41, 5.74) is 4.85. The van der Waals surface area contributed by atoms with Crippen molar-refractivity contribution < 1.29 is 9.90 Å². The fraction of sp³-hybridized carbons (Fsp3) is 0.222. The molecule has 0 aliphatic heterocycles. The summed E-state index contributed by atoms with van der Waals surface area (Å²) in [6, 6.07) is 25.4. The molecule has 1 amide bonds. The minimum atomic E-state index is -0.337. The highest BCUT2D eigenvalue weighted by molar-refractivity contribution is 5.98. The van der Waals surface area contributed by atoms with Gasteiger partial charge in [0.05, 0.1) is 12.6 Å². The number of hydrogen-bond acceptors (Lipinski definition) is 3. The maximum atomic E-state index is 12.9. The van der Waals surface area contributed by atoms with E-state index in [4.69, 9.17) is 0 Å². The van der Waals surface area contributed by atoms with Crippen molar-refractivity contribution in [2.24, 2.45) is 0 Å². The number of benzene rings is 3. The SMILES string of the molecule is CN(C)Cc1ccc(/C=C/c2ccccc2C(=O)N[C@H](CO)Cc2ccccc2)cc1. The van der Waals surface area contributed by atoms with Crippen LogP contribution in [0.4, 0.5) is 0 Å². The minimum Gasteiger partial charge on any atom is -0.394 e. The Morgan fingerprint density at radius 3 is 2.26 bits per heavy atom. The van der Waals surface area contributed by atoms with Crippen molar-refractivity contribution in [3.05, 3.63) is 107 Å². The standard InChI is InChI=1S/C27H30N2O2/c1-29(2)19-23-14-12-21(13-15-23)16-17-24-10-6-7-11-26(24)27(31)28-25(20-30)18-22-8-4-3-5-9-22/h3-17,25,30H,18-20H2,1-2H3,(H,28,31)/b17-16+/t25-/m0/s1. The number of carbonyl (C=O) groups is 1. The largest absolute Gasteiger partial charge is 0.394 e. The van der Waals surface area contributed by atoms with E-state index in [0.717, 1.165) is 23.2 Å². The summed E-state index contributed by atoms with van der Waals surface area (Å²) in [5.74, 6) is -0.184. The van der Waals surface area contributed by atoms with Crippen LogP contribution in [0.15, 0.2) is 78.9 Å². The van der Waals surface area contributed by atoms with Crippen LogP contribution in [0.25, 0.3) is 12.2 Å². The number of amides is 1. The molecular weight excluding hydrogens is 384 g/mol. The lowest BCUT2D eigenvalue weighted by Crippen LogP contribution is -2.39.